The fourth-order valence-electron chi connectivity index (χ4n) is 4.69. The van der Waals surface area contributed by atoms with E-state index in [0.29, 0.717) is 5.92 Å². The van der Waals surface area contributed by atoms with E-state index in [4.69, 9.17) is 4.74 Å². The van der Waals surface area contributed by atoms with Crippen LogP contribution in [-0.4, -0.2) is 41.7 Å². The summed E-state index contributed by atoms with van der Waals surface area (Å²) in [5.74, 6) is 0.304. The maximum atomic E-state index is 13.1. The SMILES string of the molecule is O=C(NC1CCN2CCC1CC2)OC1(c2ccc(-c3ccc(F)cc3)cn2)CC1. The number of nitrogens with zero attached hydrogens (tertiary/aromatic N) is 2. The number of fused-ring (bicyclic) bond motifs is 4. The molecule has 1 aliphatic carbocycles. The zero-order valence-electron chi connectivity index (χ0n) is 16.4. The van der Waals surface area contributed by atoms with E-state index in [1.165, 1.54) is 12.1 Å². The van der Waals surface area contributed by atoms with Gasteiger partial charge in [0.05, 0.1) is 5.69 Å². The number of alkyl carbamates (subject to hydrolysis) is 1. The zero-order valence-corrected chi connectivity index (χ0v) is 16.4. The summed E-state index contributed by atoms with van der Waals surface area (Å²) in [6, 6.07) is 10.4. The van der Waals surface area contributed by atoms with Crippen LogP contribution in [0, 0.1) is 11.7 Å². The maximum Gasteiger partial charge on any atom is 0.408 e. The third-order valence-electron chi connectivity index (χ3n) is 6.66. The van der Waals surface area contributed by atoms with Crippen molar-refractivity contribution in [2.75, 3.05) is 19.6 Å². The number of carbonyl (C=O) groups is 1. The lowest BCUT2D eigenvalue weighted by atomic mass is 9.91. The molecular formula is C23H26FN3O2. The molecule has 152 valence electrons. The van der Waals surface area contributed by atoms with Gasteiger partial charge in [0.1, 0.15) is 5.82 Å². The number of carbonyl (C=O) groups excluding carboxylic acids is 1. The minimum atomic E-state index is -0.599. The van der Waals surface area contributed by atoms with E-state index < -0.39 is 5.60 Å². The number of benzene rings is 1. The summed E-state index contributed by atoms with van der Waals surface area (Å²) in [5.41, 5.74) is 2.01. The Morgan fingerprint density at radius 3 is 2.38 bits per heavy atom. The minimum absolute atomic E-state index is 0.208. The number of halogens is 1. The number of aromatic nitrogens is 1. The molecule has 3 saturated heterocycles. The quantitative estimate of drug-likeness (QED) is 0.847. The fourth-order valence-corrected chi connectivity index (χ4v) is 4.69. The van der Waals surface area contributed by atoms with Crippen LogP contribution in [0.25, 0.3) is 11.1 Å². The number of rotatable bonds is 4. The Kier molecular flexibility index (Phi) is 4.74. The van der Waals surface area contributed by atoms with Crippen molar-refractivity contribution in [3.63, 3.8) is 0 Å². The topological polar surface area (TPSA) is 54.5 Å². The molecule has 1 saturated carbocycles. The lowest BCUT2D eigenvalue weighted by Gasteiger charge is -2.29. The number of piperidine rings is 1. The van der Waals surface area contributed by atoms with E-state index in [9.17, 15) is 9.18 Å². The van der Waals surface area contributed by atoms with Crippen molar-refractivity contribution in [2.45, 2.75) is 43.7 Å². The molecule has 1 unspecified atom stereocenters. The van der Waals surface area contributed by atoms with Crippen molar-refractivity contribution < 1.29 is 13.9 Å². The summed E-state index contributed by atoms with van der Waals surface area (Å²) in [6.07, 6.45) is 6.35. The van der Waals surface area contributed by atoms with Crippen LogP contribution in [0.1, 0.15) is 37.8 Å². The predicted octanol–water partition coefficient (Wildman–Crippen LogP) is 4.09. The molecule has 1 atom stereocenters. The van der Waals surface area contributed by atoms with Gasteiger partial charge in [-0.1, -0.05) is 18.2 Å². The molecule has 0 radical (unpaired) electrons. The van der Waals surface area contributed by atoms with Crippen LogP contribution < -0.4 is 5.32 Å². The molecule has 4 fully saturated rings. The molecule has 4 heterocycles. The second kappa shape index (κ2) is 7.41. The van der Waals surface area contributed by atoms with E-state index in [-0.39, 0.29) is 18.0 Å². The highest BCUT2D eigenvalue weighted by Gasteiger charge is 2.50. The summed E-state index contributed by atoms with van der Waals surface area (Å²) < 4.78 is 19.0. The Morgan fingerprint density at radius 2 is 1.72 bits per heavy atom. The molecular weight excluding hydrogens is 369 g/mol. The van der Waals surface area contributed by atoms with Crippen molar-refractivity contribution in [1.82, 2.24) is 15.2 Å². The van der Waals surface area contributed by atoms with Gasteiger partial charge in [-0.2, -0.15) is 0 Å². The van der Waals surface area contributed by atoms with Crippen LogP contribution >= 0.6 is 0 Å². The van der Waals surface area contributed by atoms with Crippen molar-refractivity contribution in [3.8, 4) is 11.1 Å². The van der Waals surface area contributed by atoms with Gasteiger partial charge in [-0.15, -0.1) is 0 Å². The molecule has 0 spiro atoms. The molecule has 6 heteroatoms. The van der Waals surface area contributed by atoms with Gasteiger partial charge < -0.3 is 15.0 Å². The summed E-state index contributed by atoms with van der Waals surface area (Å²) in [5, 5.41) is 3.14. The average molecular weight is 395 g/mol. The van der Waals surface area contributed by atoms with Gasteiger partial charge in [0.15, 0.2) is 5.60 Å². The van der Waals surface area contributed by atoms with Crippen LogP contribution in [0.3, 0.4) is 0 Å². The molecule has 1 N–H and O–H groups in total. The van der Waals surface area contributed by atoms with Gasteiger partial charge in [0.25, 0.3) is 0 Å². The van der Waals surface area contributed by atoms with Gasteiger partial charge in [0, 0.05) is 24.3 Å². The molecule has 29 heavy (non-hydrogen) atoms. The molecule has 1 aromatic heterocycles. The number of pyridine rings is 1. The molecule has 4 aliphatic rings. The molecule has 1 amide bonds. The highest BCUT2D eigenvalue weighted by Crippen LogP contribution is 2.48. The first-order valence-corrected chi connectivity index (χ1v) is 10.6. The highest BCUT2D eigenvalue weighted by atomic mass is 19.1. The number of ether oxygens (including phenoxy) is 1. The predicted molar refractivity (Wildman–Crippen MR) is 108 cm³/mol. The van der Waals surface area contributed by atoms with Crippen LogP contribution in [-0.2, 0) is 10.3 Å². The first-order valence-electron chi connectivity index (χ1n) is 10.6. The molecule has 6 rings (SSSR count). The summed E-state index contributed by atoms with van der Waals surface area (Å²) in [6.45, 7) is 3.34. The Hall–Kier alpha value is -2.47. The van der Waals surface area contributed by atoms with Gasteiger partial charge >= 0.3 is 6.09 Å². The van der Waals surface area contributed by atoms with Crippen LogP contribution in [0.15, 0.2) is 42.6 Å². The van der Waals surface area contributed by atoms with E-state index in [0.717, 1.165) is 68.6 Å². The van der Waals surface area contributed by atoms with Crippen molar-refractivity contribution in [3.05, 3.63) is 54.1 Å². The highest BCUT2D eigenvalue weighted by molar-refractivity contribution is 5.69. The number of hydrogen-bond donors (Lipinski definition) is 1. The third kappa shape index (κ3) is 3.86. The smallest absolute Gasteiger partial charge is 0.408 e. The monoisotopic (exact) mass is 395 g/mol. The average Bonchev–Trinajstić information content (AvgIpc) is 3.56. The third-order valence-corrected chi connectivity index (χ3v) is 6.66. The molecule has 1 aromatic carbocycles. The van der Waals surface area contributed by atoms with Crippen LogP contribution in [0.4, 0.5) is 9.18 Å². The second-order valence-corrected chi connectivity index (χ2v) is 8.54. The fraction of sp³-hybridized carbons (Fsp3) is 0.478. The van der Waals surface area contributed by atoms with E-state index >= 15 is 0 Å². The Bertz CT molecular complexity index is 872. The Morgan fingerprint density at radius 1 is 1.03 bits per heavy atom. The van der Waals surface area contributed by atoms with Gasteiger partial charge in [-0.25, -0.2) is 9.18 Å². The normalized spacial score (nSPS) is 27.1. The molecule has 5 nitrogen and oxygen atoms in total. The Balaban J connectivity index is 1.24. The van der Waals surface area contributed by atoms with Crippen molar-refractivity contribution in [2.24, 2.45) is 5.92 Å². The standard InChI is InChI=1S/C23H26FN3O2/c24-19-4-1-16(2-5-19)18-3-6-21(25-15-18)23(10-11-23)29-22(28)26-20-9-14-27-12-7-17(20)8-13-27/h1-6,15,17,20H,7-14H2,(H,26,28). The van der Waals surface area contributed by atoms with Gasteiger partial charge in [0.2, 0.25) is 0 Å². The molecule has 2 aromatic rings. The maximum absolute atomic E-state index is 13.1. The summed E-state index contributed by atoms with van der Waals surface area (Å²) in [7, 11) is 0. The summed E-state index contributed by atoms with van der Waals surface area (Å²) in [4.78, 5) is 19.7. The minimum Gasteiger partial charge on any atom is -0.436 e. The van der Waals surface area contributed by atoms with E-state index in [2.05, 4.69) is 15.2 Å². The molecule has 3 aliphatic heterocycles. The van der Waals surface area contributed by atoms with Gasteiger partial charge in [-0.3, -0.25) is 4.98 Å². The summed E-state index contributed by atoms with van der Waals surface area (Å²) >= 11 is 0. The second-order valence-electron chi connectivity index (χ2n) is 8.54. The first kappa shape index (κ1) is 18.6. The lowest BCUT2D eigenvalue weighted by Crippen LogP contribution is -2.42. The zero-order chi connectivity index (χ0) is 19.8. The number of hydrogen-bond acceptors (Lipinski definition) is 4. The van der Waals surface area contributed by atoms with Crippen LogP contribution in [0.5, 0.6) is 0 Å². The Labute approximate surface area is 170 Å². The molecule has 2 bridgehead atoms. The van der Waals surface area contributed by atoms with Crippen molar-refractivity contribution in [1.29, 1.82) is 0 Å². The van der Waals surface area contributed by atoms with Gasteiger partial charge in [-0.05, 0) is 74.9 Å². The largest absolute Gasteiger partial charge is 0.436 e. The lowest BCUT2D eigenvalue weighted by molar-refractivity contribution is 0.0730. The number of nitrogens with one attached hydrogen (secondary N) is 1. The number of amides is 1. The first-order chi connectivity index (χ1) is 14.1. The van der Waals surface area contributed by atoms with E-state index in [1.54, 1.807) is 18.3 Å². The van der Waals surface area contributed by atoms with Crippen LogP contribution in [0.2, 0.25) is 0 Å². The van der Waals surface area contributed by atoms with E-state index in [1.807, 2.05) is 12.1 Å². The van der Waals surface area contributed by atoms with Crippen molar-refractivity contribution >= 4 is 6.09 Å².